The molecular formula is C27H32N6O4S. The average Bonchev–Trinajstić information content (AvgIpc) is 3.74. The molecule has 3 fully saturated rings. The summed E-state index contributed by atoms with van der Waals surface area (Å²) in [6, 6.07) is 5.57. The molecule has 0 saturated heterocycles. The van der Waals surface area contributed by atoms with Gasteiger partial charge >= 0.3 is 0 Å². The van der Waals surface area contributed by atoms with Gasteiger partial charge in [0.2, 0.25) is 0 Å². The number of rotatable bonds is 9. The van der Waals surface area contributed by atoms with E-state index in [0.29, 0.717) is 40.5 Å². The van der Waals surface area contributed by atoms with Crippen LogP contribution in [0.3, 0.4) is 0 Å². The van der Waals surface area contributed by atoms with Crippen LogP contribution in [0.15, 0.2) is 29.3 Å². The maximum atomic E-state index is 13.6. The Bertz CT molecular complexity index is 1570. The van der Waals surface area contributed by atoms with Crippen LogP contribution in [-0.4, -0.2) is 56.8 Å². The van der Waals surface area contributed by atoms with Crippen LogP contribution in [0.4, 0.5) is 5.82 Å². The molecule has 4 N–H and O–H groups in total. The predicted molar refractivity (Wildman–Crippen MR) is 141 cm³/mol. The van der Waals surface area contributed by atoms with Gasteiger partial charge in [-0.1, -0.05) is 0 Å². The molecule has 1 amide bonds. The summed E-state index contributed by atoms with van der Waals surface area (Å²) in [4.78, 5) is 20.3. The van der Waals surface area contributed by atoms with Crippen molar-refractivity contribution in [2.24, 2.45) is 11.8 Å². The lowest BCUT2D eigenvalue weighted by Gasteiger charge is -2.24. The van der Waals surface area contributed by atoms with Gasteiger partial charge in [0, 0.05) is 30.4 Å². The summed E-state index contributed by atoms with van der Waals surface area (Å²) in [5, 5.41) is 18.2. The van der Waals surface area contributed by atoms with Crippen LogP contribution in [0.25, 0.3) is 16.9 Å². The summed E-state index contributed by atoms with van der Waals surface area (Å²) < 4.78 is 28.7. The molecule has 0 radical (unpaired) electrons. The quantitative estimate of drug-likeness (QED) is 0.354. The number of aromatic nitrogens is 3. The Morgan fingerprint density at radius 1 is 1.18 bits per heavy atom. The Morgan fingerprint density at radius 2 is 1.95 bits per heavy atom. The van der Waals surface area contributed by atoms with Crippen molar-refractivity contribution < 1.29 is 18.3 Å². The number of aliphatic hydroxyl groups is 1. The smallest absolute Gasteiger partial charge is 0.256 e. The molecule has 0 spiro atoms. The van der Waals surface area contributed by atoms with E-state index in [1.54, 1.807) is 18.3 Å². The number of hydrogen-bond donors (Lipinski definition) is 3. The third-order valence-corrected chi connectivity index (χ3v) is 10.3. The number of anilines is 1. The van der Waals surface area contributed by atoms with Crippen molar-refractivity contribution in [2.45, 2.75) is 75.2 Å². The van der Waals surface area contributed by atoms with Crippen LogP contribution in [0, 0.1) is 11.8 Å². The summed E-state index contributed by atoms with van der Waals surface area (Å²) in [6.07, 6.45) is 6.70. The van der Waals surface area contributed by atoms with Crippen molar-refractivity contribution in [3.8, 4) is 11.3 Å². The number of benzene rings is 1. The van der Waals surface area contributed by atoms with Gasteiger partial charge in [0.25, 0.3) is 5.91 Å². The van der Waals surface area contributed by atoms with E-state index in [9.17, 15) is 18.3 Å². The molecule has 7 rings (SSSR count). The zero-order chi connectivity index (χ0) is 26.3. The van der Waals surface area contributed by atoms with Crippen molar-refractivity contribution in [2.75, 3.05) is 11.5 Å². The number of nitrogen functional groups attached to an aromatic ring is 1. The molecule has 200 valence electrons. The molecule has 3 aromatic rings. The van der Waals surface area contributed by atoms with Gasteiger partial charge in [0.1, 0.15) is 6.23 Å². The molecule has 0 bridgehead atoms. The van der Waals surface area contributed by atoms with Crippen molar-refractivity contribution >= 4 is 27.2 Å². The van der Waals surface area contributed by atoms with Crippen LogP contribution >= 0.6 is 0 Å². The summed E-state index contributed by atoms with van der Waals surface area (Å²) in [5.74, 6) is 0.689. The second-order valence-corrected chi connectivity index (χ2v) is 13.5. The fourth-order valence-electron chi connectivity index (χ4n) is 5.62. The minimum absolute atomic E-state index is 0.0587. The first kappa shape index (κ1) is 24.1. The number of carbonyl (C=O) groups excluding carboxylic acids is 1. The lowest BCUT2D eigenvalue weighted by molar-refractivity contribution is 0.0694. The fraction of sp³-hybridized carbons (Fsp3) is 0.519. The van der Waals surface area contributed by atoms with Crippen molar-refractivity contribution in [3.63, 3.8) is 0 Å². The molecule has 3 saturated carbocycles. The number of amides is 1. The second-order valence-electron chi connectivity index (χ2n) is 11.5. The van der Waals surface area contributed by atoms with Gasteiger partial charge in [-0.15, -0.1) is 5.10 Å². The number of aliphatic hydroxyl groups excluding tert-OH is 1. The van der Waals surface area contributed by atoms with Gasteiger partial charge < -0.3 is 15.7 Å². The molecule has 4 aliphatic rings. The third kappa shape index (κ3) is 4.17. The summed E-state index contributed by atoms with van der Waals surface area (Å²) in [7, 11) is -3.67. The zero-order valence-corrected chi connectivity index (χ0v) is 22.1. The number of fused-ring (bicyclic) bond motifs is 2. The van der Waals surface area contributed by atoms with Crippen LogP contribution in [0.1, 0.15) is 73.2 Å². The van der Waals surface area contributed by atoms with E-state index in [0.717, 1.165) is 44.1 Å². The standard InChI is InChI=1S/C27H32N6O4S/c1-14(16-4-5-16)32-12-18-10-17(11-21(22(18)27(32)35)38(36,37)13-15-2-3-15)20-8-9-33-25(30-20)23(24(28)31-33)26(34)29-19-6-7-19/h8-11,14-16,19,26,29,34H,2-7,12-13H2,1H3,(H2,28,31)/t14-,26?/m0/s1. The Morgan fingerprint density at radius 3 is 2.63 bits per heavy atom. The fourth-order valence-corrected chi connectivity index (χ4v) is 7.59. The van der Waals surface area contributed by atoms with Crippen LogP contribution in [0.2, 0.25) is 0 Å². The number of nitrogens with two attached hydrogens (primary N) is 1. The first-order valence-corrected chi connectivity index (χ1v) is 15.1. The summed E-state index contributed by atoms with van der Waals surface area (Å²) in [6.45, 7) is 2.45. The lowest BCUT2D eigenvalue weighted by Crippen LogP contribution is -2.35. The Kier molecular flexibility index (Phi) is 5.37. The largest absolute Gasteiger partial charge is 0.382 e. The molecule has 11 heteroatoms. The van der Waals surface area contributed by atoms with Crippen LogP contribution in [-0.2, 0) is 16.4 Å². The minimum atomic E-state index is -3.67. The number of carbonyl (C=O) groups is 1. The second kappa shape index (κ2) is 8.49. The van der Waals surface area contributed by atoms with Crippen molar-refractivity contribution in [1.29, 1.82) is 0 Å². The number of hydrogen-bond acceptors (Lipinski definition) is 8. The van der Waals surface area contributed by atoms with Gasteiger partial charge in [-0.05, 0) is 81.0 Å². The highest BCUT2D eigenvalue weighted by Gasteiger charge is 2.42. The first-order valence-electron chi connectivity index (χ1n) is 13.5. The van der Waals surface area contributed by atoms with E-state index >= 15 is 0 Å². The molecule has 2 aromatic heterocycles. The number of nitrogens with zero attached hydrogens (tertiary/aromatic N) is 4. The van der Waals surface area contributed by atoms with Gasteiger partial charge in [-0.25, -0.2) is 17.9 Å². The SMILES string of the molecule is C[C@@H](C1CC1)N1Cc2cc(-c3ccn4nc(N)c(C(O)NC5CC5)c4n3)cc(S(=O)(=O)CC3CC3)c2C1=O. The zero-order valence-electron chi connectivity index (χ0n) is 21.3. The van der Waals surface area contributed by atoms with Gasteiger partial charge in [0.15, 0.2) is 21.3 Å². The van der Waals surface area contributed by atoms with Gasteiger partial charge in [-0.3, -0.25) is 10.1 Å². The number of sulfone groups is 1. The molecule has 3 aliphatic carbocycles. The van der Waals surface area contributed by atoms with Crippen LogP contribution < -0.4 is 11.1 Å². The Labute approximate surface area is 221 Å². The molecule has 10 nitrogen and oxygen atoms in total. The van der Waals surface area contributed by atoms with Crippen molar-refractivity contribution in [3.05, 3.63) is 41.1 Å². The first-order chi connectivity index (χ1) is 18.2. The van der Waals surface area contributed by atoms with E-state index < -0.39 is 16.1 Å². The van der Waals surface area contributed by atoms with E-state index in [2.05, 4.69) is 17.3 Å². The predicted octanol–water partition coefficient (Wildman–Crippen LogP) is 2.66. The monoisotopic (exact) mass is 536 g/mol. The van der Waals surface area contributed by atoms with E-state index in [1.807, 2.05) is 11.0 Å². The highest BCUT2D eigenvalue weighted by Crippen LogP contribution is 2.42. The molecule has 38 heavy (non-hydrogen) atoms. The van der Waals surface area contributed by atoms with Gasteiger partial charge in [-0.2, -0.15) is 0 Å². The average molecular weight is 537 g/mol. The molecular weight excluding hydrogens is 504 g/mol. The Hall–Kier alpha value is -3.02. The molecule has 1 aliphatic heterocycles. The molecule has 1 unspecified atom stereocenters. The van der Waals surface area contributed by atoms with E-state index in [1.165, 1.54) is 4.52 Å². The minimum Gasteiger partial charge on any atom is -0.382 e. The van der Waals surface area contributed by atoms with E-state index in [4.69, 9.17) is 10.7 Å². The topological polar surface area (TPSA) is 143 Å². The number of nitrogens with one attached hydrogen (secondary N) is 1. The summed E-state index contributed by atoms with van der Waals surface area (Å²) >= 11 is 0. The Balaban J connectivity index is 1.33. The maximum Gasteiger partial charge on any atom is 0.256 e. The highest BCUT2D eigenvalue weighted by atomic mass is 32.2. The molecule has 1 aromatic carbocycles. The molecule has 3 heterocycles. The maximum absolute atomic E-state index is 13.6. The summed E-state index contributed by atoms with van der Waals surface area (Å²) in [5.41, 5.74) is 9.14. The molecule has 2 atom stereocenters. The third-order valence-electron chi connectivity index (χ3n) is 8.37. The van der Waals surface area contributed by atoms with Gasteiger partial charge in [0.05, 0.1) is 27.5 Å². The normalized spacial score (nSPS) is 21.2. The van der Waals surface area contributed by atoms with Crippen LogP contribution in [0.5, 0.6) is 0 Å². The van der Waals surface area contributed by atoms with E-state index in [-0.39, 0.29) is 40.4 Å². The lowest BCUT2D eigenvalue weighted by atomic mass is 10.0. The highest BCUT2D eigenvalue weighted by molar-refractivity contribution is 7.91. The van der Waals surface area contributed by atoms with Crippen molar-refractivity contribution in [1.82, 2.24) is 24.8 Å².